The van der Waals surface area contributed by atoms with Crippen LogP contribution in [0.2, 0.25) is 0 Å². The van der Waals surface area contributed by atoms with E-state index in [2.05, 4.69) is 22.0 Å². The molecule has 0 unspecified atom stereocenters. The average Bonchev–Trinajstić information content (AvgIpc) is 2.66. The van der Waals surface area contributed by atoms with Gasteiger partial charge in [-0.05, 0) is 36.9 Å². The molecular formula is C19H20N4O2. The third kappa shape index (κ3) is 4.86. The van der Waals surface area contributed by atoms with Gasteiger partial charge >= 0.3 is 0 Å². The molecule has 25 heavy (non-hydrogen) atoms. The molecule has 0 saturated carbocycles. The fraction of sp³-hybridized carbons (Fsp3) is 0.105. The van der Waals surface area contributed by atoms with Gasteiger partial charge in [-0.25, -0.2) is 9.98 Å². The maximum Gasteiger partial charge on any atom is 0.278 e. The highest BCUT2D eigenvalue weighted by atomic mass is 16.3. The van der Waals surface area contributed by atoms with Crippen LogP contribution in [0.4, 0.5) is 5.69 Å². The van der Waals surface area contributed by atoms with E-state index < -0.39 is 5.91 Å². The molecule has 0 heterocycles. The van der Waals surface area contributed by atoms with E-state index in [0.717, 1.165) is 11.1 Å². The molecule has 0 atom stereocenters. The lowest BCUT2D eigenvalue weighted by molar-refractivity contribution is -0.112. The van der Waals surface area contributed by atoms with Crippen molar-refractivity contribution in [3.05, 3.63) is 77.2 Å². The minimum absolute atomic E-state index is 0.0115. The number of nitrogens with two attached hydrogens (primary N) is 1. The van der Waals surface area contributed by atoms with Crippen molar-refractivity contribution in [3.63, 3.8) is 0 Å². The Balaban J connectivity index is 2.30. The summed E-state index contributed by atoms with van der Waals surface area (Å²) >= 11 is 0. The number of aliphatic imine (C=N–C) groups is 2. The number of amides is 1. The molecule has 0 aromatic heterocycles. The molecule has 0 aliphatic heterocycles. The van der Waals surface area contributed by atoms with Crippen LogP contribution in [0.1, 0.15) is 18.1 Å². The van der Waals surface area contributed by atoms with Crippen molar-refractivity contribution in [1.29, 1.82) is 0 Å². The summed E-state index contributed by atoms with van der Waals surface area (Å²) in [6, 6.07) is 16.2. The Hall–Kier alpha value is -3.25. The second kappa shape index (κ2) is 8.56. The fourth-order valence-corrected chi connectivity index (χ4v) is 2.09. The number of carbonyl (C=O) groups excluding carboxylic acids is 1. The molecule has 4 N–H and O–H groups in total. The predicted octanol–water partition coefficient (Wildman–Crippen LogP) is 2.46. The third-order valence-corrected chi connectivity index (χ3v) is 3.49. The second-order valence-corrected chi connectivity index (χ2v) is 5.26. The molecule has 0 spiro atoms. The first-order valence-corrected chi connectivity index (χ1v) is 7.63. The Kier molecular flexibility index (Phi) is 6.20. The number of nitrogens with one attached hydrogen (secondary N) is 1. The zero-order valence-corrected chi connectivity index (χ0v) is 13.9. The number of nitrogens with zero attached hydrogens (tertiary/aromatic N) is 2. The van der Waals surface area contributed by atoms with Gasteiger partial charge in [-0.2, -0.15) is 0 Å². The largest absolute Gasteiger partial charge is 0.392 e. The van der Waals surface area contributed by atoms with Gasteiger partial charge in [0.05, 0.1) is 6.61 Å². The Morgan fingerprint density at radius 2 is 1.80 bits per heavy atom. The van der Waals surface area contributed by atoms with Crippen molar-refractivity contribution in [1.82, 2.24) is 0 Å². The van der Waals surface area contributed by atoms with Crippen molar-refractivity contribution in [2.24, 2.45) is 15.7 Å². The number of anilines is 1. The summed E-state index contributed by atoms with van der Waals surface area (Å²) in [4.78, 5) is 20.5. The molecule has 0 saturated heterocycles. The molecule has 0 aliphatic carbocycles. The molecule has 2 aromatic carbocycles. The lowest BCUT2D eigenvalue weighted by Gasteiger charge is -2.08. The zero-order valence-electron chi connectivity index (χ0n) is 13.9. The van der Waals surface area contributed by atoms with E-state index in [9.17, 15) is 4.79 Å². The molecule has 0 bridgehead atoms. The molecule has 6 nitrogen and oxygen atoms in total. The van der Waals surface area contributed by atoms with Crippen LogP contribution in [0.3, 0.4) is 0 Å². The van der Waals surface area contributed by atoms with E-state index >= 15 is 0 Å². The summed E-state index contributed by atoms with van der Waals surface area (Å²) in [5, 5.41) is 11.8. The number of benzene rings is 2. The number of aliphatic hydroxyl groups is 1. The number of para-hydroxylation sites is 1. The maximum atomic E-state index is 12.5. The molecule has 1 amide bonds. The zero-order chi connectivity index (χ0) is 18.2. The third-order valence-electron chi connectivity index (χ3n) is 3.49. The van der Waals surface area contributed by atoms with E-state index in [0.29, 0.717) is 11.4 Å². The highest BCUT2D eigenvalue weighted by Crippen LogP contribution is 2.13. The van der Waals surface area contributed by atoms with Crippen LogP contribution < -0.4 is 11.1 Å². The number of hydrogen-bond acceptors (Lipinski definition) is 5. The van der Waals surface area contributed by atoms with Gasteiger partial charge in [0.25, 0.3) is 5.91 Å². The van der Waals surface area contributed by atoms with Crippen LogP contribution in [-0.2, 0) is 11.4 Å². The predicted molar refractivity (Wildman–Crippen MR) is 100 cm³/mol. The number of aliphatic hydroxyl groups excluding tert-OH is 1. The molecule has 0 aliphatic rings. The van der Waals surface area contributed by atoms with Crippen molar-refractivity contribution >= 4 is 24.0 Å². The SMILES string of the molecule is C=N/C(N)=C(\N=C(C)c1ccc(CO)cc1)C(=O)Nc1ccccc1. The minimum atomic E-state index is -0.470. The van der Waals surface area contributed by atoms with Crippen LogP contribution in [0, 0.1) is 0 Å². The normalized spacial score (nSPS) is 12.3. The molecular weight excluding hydrogens is 316 g/mol. The van der Waals surface area contributed by atoms with Gasteiger partial charge in [0.15, 0.2) is 11.5 Å². The summed E-state index contributed by atoms with van der Waals surface area (Å²) in [6.45, 7) is 5.09. The monoisotopic (exact) mass is 336 g/mol. The maximum absolute atomic E-state index is 12.5. The second-order valence-electron chi connectivity index (χ2n) is 5.26. The molecule has 2 rings (SSSR count). The number of carbonyl (C=O) groups is 1. The molecule has 0 fully saturated rings. The Morgan fingerprint density at radius 1 is 1.16 bits per heavy atom. The number of rotatable bonds is 6. The van der Waals surface area contributed by atoms with E-state index in [4.69, 9.17) is 10.8 Å². The van der Waals surface area contributed by atoms with Gasteiger partial charge < -0.3 is 16.2 Å². The van der Waals surface area contributed by atoms with Gasteiger partial charge in [-0.3, -0.25) is 4.79 Å². The van der Waals surface area contributed by atoms with E-state index in [1.165, 1.54) is 0 Å². The molecule has 128 valence electrons. The van der Waals surface area contributed by atoms with E-state index in [1.54, 1.807) is 31.2 Å². The van der Waals surface area contributed by atoms with Crippen molar-refractivity contribution < 1.29 is 9.90 Å². The van der Waals surface area contributed by atoms with Crippen LogP contribution >= 0.6 is 0 Å². The smallest absolute Gasteiger partial charge is 0.278 e. The molecule has 0 radical (unpaired) electrons. The van der Waals surface area contributed by atoms with Crippen LogP contribution in [0.5, 0.6) is 0 Å². The lowest BCUT2D eigenvalue weighted by atomic mass is 10.1. The first-order valence-electron chi connectivity index (χ1n) is 7.63. The van der Waals surface area contributed by atoms with Gasteiger partial charge in [0.2, 0.25) is 0 Å². The Bertz CT molecular complexity index is 809. The summed E-state index contributed by atoms with van der Waals surface area (Å²) in [7, 11) is 0. The molecule has 2 aromatic rings. The number of hydrogen-bond donors (Lipinski definition) is 3. The first kappa shape index (κ1) is 18.1. The van der Waals surface area contributed by atoms with E-state index in [1.807, 2.05) is 30.3 Å². The Morgan fingerprint density at radius 3 is 2.36 bits per heavy atom. The van der Waals surface area contributed by atoms with Crippen molar-refractivity contribution in [2.75, 3.05) is 5.32 Å². The average molecular weight is 336 g/mol. The van der Waals surface area contributed by atoms with Crippen LogP contribution in [0.25, 0.3) is 0 Å². The lowest BCUT2D eigenvalue weighted by Crippen LogP contribution is -2.18. The standard InChI is InChI=1S/C19H20N4O2/c1-13(15-10-8-14(12-24)9-11-15)22-17(18(20)21-2)19(25)23-16-6-4-3-5-7-16/h3-11,24H,2,12,20H2,1H3,(H,23,25)/b18-17-,22-13?. The van der Waals surface area contributed by atoms with Crippen LogP contribution in [0.15, 0.2) is 76.1 Å². The van der Waals surface area contributed by atoms with Gasteiger partial charge in [0.1, 0.15) is 0 Å². The topological polar surface area (TPSA) is 100 Å². The van der Waals surface area contributed by atoms with E-state index in [-0.39, 0.29) is 18.1 Å². The highest BCUT2D eigenvalue weighted by Gasteiger charge is 2.14. The quantitative estimate of drug-likeness (QED) is 0.558. The van der Waals surface area contributed by atoms with Gasteiger partial charge in [-0.1, -0.05) is 42.5 Å². The minimum Gasteiger partial charge on any atom is -0.392 e. The fourth-order valence-electron chi connectivity index (χ4n) is 2.09. The summed E-state index contributed by atoms with van der Waals surface area (Å²) in [5.74, 6) is -0.526. The van der Waals surface area contributed by atoms with Crippen LogP contribution in [-0.4, -0.2) is 23.4 Å². The summed E-state index contributed by atoms with van der Waals surface area (Å²) < 4.78 is 0. The van der Waals surface area contributed by atoms with Crippen molar-refractivity contribution in [2.45, 2.75) is 13.5 Å². The Labute approximate surface area is 146 Å². The van der Waals surface area contributed by atoms with Gasteiger partial charge in [-0.15, -0.1) is 0 Å². The first-order chi connectivity index (χ1) is 12.0. The summed E-state index contributed by atoms with van der Waals surface area (Å²) in [6.07, 6.45) is 0. The van der Waals surface area contributed by atoms with Gasteiger partial charge in [0, 0.05) is 11.4 Å². The highest BCUT2D eigenvalue weighted by molar-refractivity contribution is 6.08. The summed E-state index contributed by atoms with van der Waals surface area (Å²) in [5.41, 5.74) is 8.60. The molecule has 6 heteroatoms. The van der Waals surface area contributed by atoms with Crippen molar-refractivity contribution in [3.8, 4) is 0 Å².